The summed E-state index contributed by atoms with van der Waals surface area (Å²) < 4.78 is 30.0. The van der Waals surface area contributed by atoms with Crippen LogP contribution in [-0.4, -0.2) is 141 Å². The van der Waals surface area contributed by atoms with Gasteiger partial charge in [-0.25, -0.2) is 4.79 Å². The first-order valence-corrected chi connectivity index (χ1v) is 25.6. The molecule has 1 amide bonds. The largest absolute Gasteiger partial charge is 0.460 e. The first-order valence-electron chi connectivity index (χ1n) is 25.6. The number of aliphatic hydroxyl groups is 2. The number of esters is 1. The minimum Gasteiger partial charge on any atom is -0.460 e. The molecule has 5 rings (SSSR count). The molecule has 17 heteroatoms. The quantitative estimate of drug-likeness (QED) is 0.131. The van der Waals surface area contributed by atoms with Crippen molar-refractivity contribution >= 4 is 29.2 Å². The van der Waals surface area contributed by atoms with Gasteiger partial charge in [0.2, 0.25) is 5.79 Å². The Kier molecular flexibility index (Phi) is 21.6. The molecule has 4 aliphatic rings. The van der Waals surface area contributed by atoms with Crippen LogP contribution in [-0.2, 0) is 47.7 Å². The molecule has 2 N–H and O–H groups in total. The lowest BCUT2D eigenvalue weighted by molar-refractivity contribution is -0.265. The molecular formula is C54H79N5O12. The SMILES string of the molecule is C#C[C@@H]1/C=C/C=C/C=C(\C)[C@@H](OC)C[C@@H]2CCC(C)C(O)(O2)C(=O)C(=O)N2CCCCC2C(=O)O[C@H]([C@H](CC)C[C@@H]2CC[C@H](n3ncnn3)[C@H](OC)C2)CC(=O)[C@H](C)/C=C(\C)[C@@H](O)C(OC)C(=O)C(C)C1. The van der Waals surface area contributed by atoms with Gasteiger partial charge in [0.05, 0.1) is 24.4 Å². The fraction of sp³-hybridized carbons (Fsp3) is 0.704. The Morgan fingerprint density at radius 2 is 1.69 bits per heavy atom. The minimum absolute atomic E-state index is 0.0797. The summed E-state index contributed by atoms with van der Waals surface area (Å²) in [7, 11) is 4.57. The Bertz CT molecular complexity index is 2130. The number of hydrogen-bond donors (Lipinski definition) is 2. The fourth-order valence-corrected chi connectivity index (χ4v) is 10.9. The van der Waals surface area contributed by atoms with Gasteiger partial charge in [-0.05, 0) is 113 Å². The second-order valence-corrected chi connectivity index (χ2v) is 20.3. The maximum Gasteiger partial charge on any atom is 0.329 e. The van der Waals surface area contributed by atoms with Crippen LogP contribution in [0.2, 0.25) is 0 Å². The summed E-state index contributed by atoms with van der Waals surface area (Å²) >= 11 is 0. The van der Waals surface area contributed by atoms with E-state index in [0.29, 0.717) is 63.4 Å². The van der Waals surface area contributed by atoms with Crippen LogP contribution in [0.5, 0.6) is 0 Å². The molecular weight excluding hydrogens is 911 g/mol. The Labute approximate surface area is 420 Å². The van der Waals surface area contributed by atoms with E-state index in [4.69, 9.17) is 30.1 Å². The van der Waals surface area contributed by atoms with E-state index in [9.17, 15) is 34.2 Å². The van der Waals surface area contributed by atoms with Crippen molar-refractivity contribution in [3.63, 3.8) is 0 Å². The molecule has 1 aromatic heterocycles. The summed E-state index contributed by atoms with van der Waals surface area (Å²) in [5, 5.41) is 35.8. The summed E-state index contributed by atoms with van der Waals surface area (Å²) in [6.07, 6.45) is 19.1. The van der Waals surface area contributed by atoms with Crippen LogP contribution >= 0.6 is 0 Å². The number of nitrogens with zero attached hydrogens (tertiary/aromatic N) is 5. The van der Waals surface area contributed by atoms with Gasteiger partial charge in [0.15, 0.2) is 12.1 Å². The van der Waals surface area contributed by atoms with Crippen LogP contribution < -0.4 is 0 Å². The molecule has 17 nitrogen and oxygen atoms in total. The Balaban J connectivity index is 1.49. The van der Waals surface area contributed by atoms with Crippen LogP contribution in [0.4, 0.5) is 0 Å². The highest BCUT2D eigenvalue weighted by Crippen LogP contribution is 2.40. The first-order chi connectivity index (χ1) is 33.9. The number of aromatic nitrogens is 4. The number of rotatable bonds is 8. The van der Waals surface area contributed by atoms with E-state index >= 15 is 0 Å². The number of fused-ring (bicyclic) bond motifs is 3. The molecule has 2 saturated heterocycles. The van der Waals surface area contributed by atoms with Crippen LogP contribution in [0.1, 0.15) is 131 Å². The van der Waals surface area contributed by atoms with Crippen molar-refractivity contribution in [1.29, 1.82) is 0 Å². The van der Waals surface area contributed by atoms with Crippen LogP contribution in [0.3, 0.4) is 0 Å². The molecule has 0 radical (unpaired) electrons. The smallest absolute Gasteiger partial charge is 0.329 e. The number of Topliss-reactive ketones (excluding diaryl/α,β-unsaturated/α-hetero) is 3. The Morgan fingerprint density at radius 3 is 2.35 bits per heavy atom. The monoisotopic (exact) mass is 990 g/mol. The van der Waals surface area contributed by atoms with Gasteiger partial charge in [0.25, 0.3) is 11.7 Å². The molecule has 15 atom stereocenters. The number of ketones is 3. The van der Waals surface area contributed by atoms with E-state index in [1.807, 2.05) is 32.1 Å². The van der Waals surface area contributed by atoms with Crippen molar-refractivity contribution in [3.8, 4) is 12.3 Å². The minimum atomic E-state index is -2.45. The molecule has 5 unspecified atom stereocenters. The number of tetrazole rings is 1. The average Bonchev–Trinajstić information content (AvgIpc) is 3.91. The molecule has 392 valence electrons. The van der Waals surface area contributed by atoms with E-state index < -0.39 is 83.7 Å². The van der Waals surface area contributed by atoms with Gasteiger partial charge in [-0.15, -0.1) is 16.6 Å². The van der Waals surface area contributed by atoms with Crippen LogP contribution in [0.25, 0.3) is 0 Å². The lowest BCUT2D eigenvalue weighted by atomic mass is 9.76. The summed E-state index contributed by atoms with van der Waals surface area (Å²) in [5.41, 5.74) is 1.20. The molecule has 1 saturated carbocycles. The number of piperidine rings is 1. The summed E-state index contributed by atoms with van der Waals surface area (Å²) in [6.45, 7) is 10.7. The number of aliphatic hydroxyl groups excluding tert-OH is 1. The fourth-order valence-electron chi connectivity index (χ4n) is 10.9. The van der Waals surface area contributed by atoms with Gasteiger partial charge in [-0.3, -0.25) is 19.2 Å². The van der Waals surface area contributed by atoms with Gasteiger partial charge in [0, 0.05) is 64.4 Å². The topological polar surface area (TPSA) is 219 Å². The van der Waals surface area contributed by atoms with Gasteiger partial charge in [0.1, 0.15) is 30.1 Å². The highest BCUT2D eigenvalue weighted by atomic mass is 16.6. The molecule has 1 aromatic rings. The molecule has 3 fully saturated rings. The van der Waals surface area contributed by atoms with Gasteiger partial charge in [-0.2, -0.15) is 4.80 Å². The van der Waals surface area contributed by atoms with Gasteiger partial charge >= 0.3 is 5.97 Å². The van der Waals surface area contributed by atoms with E-state index in [1.54, 1.807) is 64.9 Å². The average molecular weight is 990 g/mol. The number of ether oxygens (including phenoxy) is 5. The lowest BCUT2D eigenvalue weighted by Crippen LogP contribution is -2.61. The van der Waals surface area contributed by atoms with Crippen LogP contribution in [0.15, 0.2) is 53.9 Å². The molecule has 0 aromatic carbocycles. The van der Waals surface area contributed by atoms with Crippen molar-refractivity contribution in [2.45, 2.75) is 180 Å². The first kappa shape index (κ1) is 57.2. The number of carbonyl (C=O) groups excluding carboxylic acids is 5. The summed E-state index contributed by atoms with van der Waals surface area (Å²) in [4.78, 5) is 74.3. The molecule has 4 heterocycles. The third-order valence-electron chi connectivity index (χ3n) is 15.5. The standard InChI is InChI=1S/C54H79N5O12/c1-11-38-19-15-13-14-18-33(3)45(67-8)30-41-23-21-37(7)54(66,71-41)51(63)52(64)58-25-17-16-20-43(58)53(65)70-46(31-44(60)34(4)26-35(5)48(61)50(69-10)49(62)36(6)27-38)40(12-2)28-39-22-24-42(47(29-39)68-9)59-56-32-55-57-59/h1,13-15,18-19,26,32,34,36-43,45-48,50,61,66H,12,16-17,20-25,27-31H2,2-10H3/b14-13+,19-15+,33-18+,35-26+/t34-,36?,37?,38-,39+,40-,41+,42+,43?,45+,46+,47-,48-,50?,54?/m1/s1. The number of methoxy groups -OCH3 is 3. The predicted octanol–water partition coefficient (Wildman–Crippen LogP) is 6.05. The summed E-state index contributed by atoms with van der Waals surface area (Å²) in [5.74, 6) is -5.90. The highest BCUT2D eigenvalue weighted by molar-refractivity contribution is 6.39. The Hall–Kier alpha value is -4.70. The van der Waals surface area contributed by atoms with Crippen molar-refractivity contribution in [2.75, 3.05) is 27.9 Å². The molecule has 1 aliphatic carbocycles. The maximum absolute atomic E-state index is 14.6. The molecule has 3 aliphatic heterocycles. The van der Waals surface area contributed by atoms with Gasteiger partial charge < -0.3 is 38.8 Å². The van der Waals surface area contributed by atoms with Crippen molar-refractivity contribution < 1.29 is 57.9 Å². The van der Waals surface area contributed by atoms with Gasteiger partial charge in [-0.1, -0.05) is 70.1 Å². The third kappa shape index (κ3) is 14.5. The second-order valence-electron chi connectivity index (χ2n) is 20.3. The number of hydrogen-bond acceptors (Lipinski definition) is 15. The lowest BCUT2D eigenvalue weighted by Gasteiger charge is -2.43. The van der Waals surface area contributed by atoms with E-state index in [-0.39, 0.29) is 54.9 Å². The van der Waals surface area contributed by atoms with Crippen molar-refractivity contribution in [3.05, 3.63) is 53.9 Å². The van der Waals surface area contributed by atoms with Crippen molar-refractivity contribution in [1.82, 2.24) is 25.1 Å². The number of cyclic esters (lactones) is 1. The van der Waals surface area contributed by atoms with E-state index in [1.165, 1.54) is 18.3 Å². The summed E-state index contributed by atoms with van der Waals surface area (Å²) in [6, 6.07) is -1.26. The van der Waals surface area contributed by atoms with E-state index in [0.717, 1.165) is 18.4 Å². The Morgan fingerprint density at radius 1 is 0.930 bits per heavy atom. The van der Waals surface area contributed by atoms with Crippen molar-refractivity contribution in [2.24, 2.45) is 35.5 Å². The zero-order chi connectivity index (χ0) is 52.0. The maximum atomic E-state index is 14.6. The zero-order valence-corrected chi connectivity index (χ0v) is 43.3. The highest BCUT2D eigenvalue weighted by Gasteiger charge is 2.53. The number of terminal acetylenes is 1. The second kappa shape index (κ2) is 26.8. The number of carbonyl (C=O) groups is 5. The van der Waals surface area contributed by atoms with Crippen LogP contribution in [0, 0.1) is 47.9 Å². The third-order valence-corrected chi connectivity index (χ3v) is 15.5. The zero-order valence-electron chi connectivity index (χ0n) is 43.3. The number of amides is 1. The predicted molar refractivity (Wildman–Crippen MR) is 264 cm³/mol. The molecule has 0 spiro atoms. The number of allylic oxidation sites excluding steroid dienone is 6. The van der Waals surface area contributed by atoms with E-state index in [2.05, 4.69) is 21.3 Å². The molecule has 71 heavy (non-hydrogen) atoms. The normalized spacial score (nSPS) is 37.9. The molecule has 2 bridgehead atoms.